The summed E-state index contributed by atoms with van der Waals surface area (Å²) in [5.41, 5.74) is 3.13. The first kappa shape index (κ1) is 31.9. The maximum atomic E-state index is 13.6. The maximum absolute atomic E-state index is 13.6. The second kappa shape index (κ2) is 14.2. The lowest BCUT2D eigenvalue weighted by Crippen LogP contribution is -2.50. The van der Waals surface area contributed by atoms with E-state index in [1.54, 1.807) is 24.3 Å². The van der Waals surface area contributed by atoms with Gasteiger partial charge in [0.2, 0.25) is 21.8 Å². The molecule has 210 valence electrons. The number of aryl methyl sites for hydroxylation is 1. The van der Waals surface area contributed by atoms with Gasteiger partial charge in [0.25, 0.3) is 0 Å². The number of sulfonamides is 1. The predicted molar refractivity (Wildman–Crippen MR) is 156 cm³/mol. The maximum Gasteiger partial charge on any atom is 0.243 e. The number of amides is 2. The summed E-state index contributed by atoms with van der Waals surface area (Å²) in [7, 11) is -3.57. The van der Waals surface area contributed by atoms with E-state index in [2.05, 4.69) is 5.32 Å². The number of nitrogens with one attached hydrogen (secondary N) is 1. The Hall–Kier alpha value is -2.29. The highest BCUT2D eigenvalue weighted by molar-refractivity contribution is 7.92. The van der Waals surface area contributed by atoms with E-state index in [4.69, 9.17) is 23.2 Å². The Kier molecular flexibility index (Phi) is 11.9. The molecule has 0 spiro atoms. The van der Waals surface area contributed by atoms with Gasteiger partial charge in [0.15, 0.2) is 0 Å². The third-order valence-electron chi connectivity index (χ3n) is 6.74. The quantitative estimate of drug-likeness (QED) is 0.319. The molecule has 38 heavy (non-hydrogen) atoms. The van der Waals surface area contributed by atoms with E-state index in [0.29, 0.717) is 27.7 Å². The van der Waals surface area contributed by atoms with Crippen LogP contribution >= 0.6 is 23.2 Å². The molecule has 0 aromatic heterocycles. The number of carbonyl (C=O) groups excluding carboxylic acids is 2. The summed E-state index contributed by atoms with van der Waals surface area (Å²) in [5.74, 6) is -0.481. The Morgan fingerprint density at radius 2 is 1.74 bits per heavy atom. The third-order valence-corrected chi connectivity index (χ3v) is 8.51. The number of hydrogen-bond acceptors (Lipinski definition) is 4. The highest BCUT2D eigenvalue weighted by Crippen LogP contribution is 2.27. The summed E-state index contributed by atoms with van der Waals surface area (Å²) in [6.45, 7) is 9.84. The van der Waals surface area contributed by atoms with Gasteiger partial charge in [-0.2, -0.15) is 0 Å². The van der Waals surface area contributed by atoms with Gasteiger partial charge < -0.3 is 10.2 Å². The minimum absolute atomic E-state index is 0.0338. The molecule has 0 fully saturated rings. The minimum atomic E-state index is -3.57. The van der Waals surface area contributed by atoms with E-state index >= 15 is 0 Å². The first-order valence-electron chi connectivity index (χ1n) is 12.9. The molecule has 0 saturated heterocycles. The van der Waals surface area contributed by atoms with Crippen molar-refractivity contribution in [2.45, 2.75) is 78.9 Å². The molecular formula is C28H39Cl2N3O4S. The van der Waals surface area contributed by atoms with Crippen LogP contribution in [-0.2, 0) is 26.2 Å². The highest BCUT2D eigenvalue weighted by Gasteiger charge is 2.30. The average molecular weight is 585 g/mol. The predicted octanol–water partition coefficient (Wildman–Crippen LogP) is 5.88. The molecule has 0 aliphatic carbocycles. The summed E-state index contributed by atoms with van der Waals surface area (Å²) < 4.78 is 26.6. The number of carbonyl (C=O) groups is 2. The summed E-state index contributed by atoms with van der Waals surface area (Å²) in [4.78, 5) is 28.3. The molecule has 2 aromatic carbocycles. The largest absolute Gasteiger partial charge is 0.352 e. The van der Waals surface area contributed by atoms with Crippen molar-refractivity contribution in [3.05, 3.63) is 63.1 Å². The van der Waals surface area contributed by atoms with Crippen LogP contribution in [0, 0.1) is 13.8 Å². The molecule has 10 heteroatoms. The van der Waals surface area contributed by atoms with E-state index in [-0.39, 0.29) is 43.8 Å². The fraction of sp³-hybridized carbons (Fsp3) is 0.500. The van der Waals surface area contributed by atoms with Gasteiger partial charge in [0.05, 0.1) is 11.9 Å². The van der Waals surface area contributed by atoms with Gasteiger partial charge in [-0.15, -0.1) is 0 Å². The van der Waals surface area contributed by atoms with Gasteiger partial charge in [-0.05, 0) is 74.9 Å². The number of halogens is 2. The van der Waals surface area contributed by atoms with E-state index < -0.39 is 16.1 Å². The van der Waals surface area contributed by atoms with Crippen LogP contribution in [0.25, 0.3) is 0 Å². The Morgan fingerprint density at radius 1 is 1.05 bits per heavy atom. The molecule has 0 aliphatic heterocycles. The molecule has 2 rings (SSSR count). The van der Waals surface area contributed by atoms with Gasteiger partial charge in [-0.25, -0.2) is 8.42 Å². The lowest BCUT2D eigenvalue weighted by Gasteiger charge is -2.32. The lowest BCUT2D eigenvalue weighted by atomic mass is 10.1. The molecule has 0 radical (unpaired) electrons. The molecule has 2 atom stereocenters. The Labute approximate surface area is 237 Å². The molecule has 0 aliphatic rings. The first-order chi connectivity index (χ1) is 17.8. The first-order valence-corrected chi connectivity index (χ1v) is 15.5. The van der Waals surface area contributed by atoms with Gasteiger partial charge >= 0.3 is 0 Å². The fourth-order valence-electron chi connectivity index (χ4n) is 4.18. The zero-order valence-electron chi connectivity index (χ0n) is 23.1. The fourth-order valence-corrected chi connectivity index (χ4v) is 5.67. The number of hydrogen-bond donors (Lipinski definition) is 1. The number of rotatable bonds is 13. The lowest BCUT2D eigenvalue weighted by molar-refractivity contribution is -0.141. The van der Waals surface area contributed by atoms with Crippen molar-refractivity contribution in [3.63, 3.8) is 0 Å². The Bertz CT molecular complexity index is 1240. The van der Waals surface area contributed by atoms with Crippen LogP contribution in [0.5, 0.6) is 0 Å². The molecule has 7 nitrogen and oxygen atoms in total. The van der Waals surface area contributed by atoms with Crippen molar-refractivity contribution < 1.29 is 18.0 Å². The highest BCUT2D eigenvalue weighted by atomic mass is 35.5. The van der Waals surface area contributed by atoms with Crippen molar-refractivity contribution >= 4 is 50.7 Å². The smallest absolute Gasteiger partial charge is 0.243 e. The van der Waals surface area contributed by atoms with Crippen molar-refractivity contribution in [1.29, 1.82) is 0 Å². The molecule has 2 aromatic rings. The van der Waals surface area contributed by atoms with E-state index in [9.17, 15) is 18.0 Å². The van der Waals surface area contributed by atoms with Crippen LogP contribution in [0.4, 0.5) is 5.69 Å². The van der Waals surface area contributed by atoms with Gasteiger partial charge in [0.1, 0.15) is 6.04 Å². The van der Waals surface area contributed by atoms with Gasteiger partial charge in [-0.3, -0.25) is 13.9 Å². The van der Waals surface area contributed by atoms with Gasteiger partial charge in [0, 0.05) is 35.6 Å². The Morgan fingerprint density at radius 3 is 2.32 bits per heavy atom. The Balaban J connectivity index is 2.30. The molecule has 0 bridgehead atoms. The summed E-state index contributed by atoms with van der Waals surface area (Å²) in [6, 6.07) is 9.83. The number of benzene rings is 2. The molecule has 2 amide bonds. The number of anilines is 1. The molecule has 0 saturated carbocycles. The molecular weight excluding hydrogens is 545 g/mol. The molecule has 1 N–H and O–H groups in total. The third kappa shape index (κ3) is 8.61. The van der Waals surface area contributed by atoms with Crippen LogP contribution < -0.4 is 9.62 Å². The van der Waals surface area contributed by atoms with Crippen LogP contribution in [0.15, 0.2) is 36.4 Å². The van der Waals surface area contributed by atoms with Crippen LogP contribution in [0.1, 0.15) is 63.1 Å². The second-order valence-electron chi connectivity index (χ2n) is 9.66. The average Bonchev–Trinajstić information content (AvgIpc) is 2.84. The topological polar surface area (TPSA) is 86.8 Å². The molecule has 0 unspecified atom stereocenters. The minimum Gasteiger partial charge on any atom is -0.352 e. The summed E-state index contributed by atoms with van der Waals surface area (Å²) >= 11 is 12.5. The monoisotopic (exact) mass is 583 g/mol. The van der Waals surface area contributed by atoms with E-state index in [1.165, 1.54) is 9.21 Å². The van der Waals surface area contributed by atoms with Crippen molar-refractivity contribution in [3.8, 4) is 0 Å². The normalized spacial score (nSPS) is 13.1. The number of nitrogens with zero attached hydrogens (tertiary/aromatic N) is 2. The van der Waals surface area contributed by atoms with Crippen LogP contribution in [0.2, 0.25) is 10.0 Å². The standard InChI is InChI=1S/C28H39Cl2N3O4S/c1-7-20(4)31-28(35)25(8-2)32(18-22-14-15-23(29)17-24(22)30)27(34)13-10-16-33(38(6,36)37)26-12-9-11-19(3)21(26)5/h9,11-12,14-15,17,20,25H,7-8,10,13,16,18H2,1-6H3,(H,31,35)/t20-,25+/m1/s1. The van der Waals surface area contributed by atoms with Gasteiger partial charge in [-0.1, -0.05) is 55.2 Å². The SMILES string of the molecule is CC[C@@H](C)NC(=O)[C@H](CC)N(Cc1ccc(Cl)cc1Cl)C(=O)CCCN(c1cccc(C)c1C)S(C)(=O)=O. The van der Waals surface area contributed by atoms with Crippen molar-refractivity contribution in [1.82, 2.24) is 10.2 Å². The van der Waals surface area contributed by atoms with Crippen molar-refractivity contribution in [2.75, 3.05) is 17.1 Å². The zero-order chi connectivity index (χ0) is 28.6. The van der Waals surface area contributed by atoms with E-state index in [1.807, 2.05) is 46.8 Å². The van der Waals surface area contributed by atoms with E-state index in [0.717, 1.165) is 23.8 Å². The second-order valence-corrected chi connectivity index (χ2v) is 12.4. The summed E-state index contributed by atoms with van der Waals surface area (Å²) in [6.07, 6.45) is 2.69. The van der Waals surface area contributed by atoms with Crippen LogP contribution in [-0.4, -0.2) is 50.0 Å². The van der Waals surface area contributed by atoms with Crippen LogP contribution in [0.3, 0.4) is 0 Å². The van der Waals surface area contributed by atoms with Crippen molar-refractivity contribution in [2.24, 2.45) is 0 Å². The molecule has 0 heterocycles. The zero-order valence-corrected chi connectivity index (χ0v) is 25.4. The summed E-state index contributed by atoms with van der Waals surface area (Å²) in [5, 5.41) is 3.86.